The zero-order chi connectivity index (χ0) is 19.7. The van der Waals surface area contributed by atoms with Crippen molar-refractivity contribution in [2.75, 3.05) is 5.32 Å². The minimum absolute atomic E-state index is 0. The lowest BCUT2D eigenvalue weighted by atomic mass is 10.1. The molecule has 0 saturated carbocycles. The zero-order valence-corrected chi connectivity index (χ0v) is 16.9. The van der Waals surface area contributed by atoms with E-state index in [1.54, 1.807) is 30.3 Å². The molecule has 0 saturated heterocycles. The number of hydrogen-bond acceptors (Lipinski definition) is 5. The van der Waals surface area contributed by atoms with Crippen LogP contribution in [-0.4, -0.2) is 14.9 Å². The third kappa shape index (κ3) is 4.40. The Labute approximate surface area is 182 Å². The van der Waals surface area contributed by atoms with E-state index in [-0.39, 0.29) is 18.1 Å². The molecule has 9 heteroatoms. The summed E-state index contributed by atoms with van der Waals surface area (Å²) in [4.78, 5) is 19.8. The summed E-state index contributed by atoms with van der Waals surface area (Å²) in [5.74, 6) is 0.945. The number of halogens is 3. The van der Waals surface area contributed by atoms with Gasteiger partial charge in [0, 0.05) is 33.8 Å². The van der Waals surface area contributed by atoms with Gasteiger partial charge in [-0.05, 0) is 36.4 Å². The van der Waals surface area contributed by atoms with Crippen LogP contribution < -0.4 is 17.7 Å². The molecule has 1 heterocycles. The molecule has 0 aliphatic heterocycles. The smallest absolute Gasteiger partial charge is 0.271 e. The van der Waals surface area contributed by atoms with Gasteiger partial charge in [0.25, 0.3) is 5.69 Å². The van der Waals surface area contributed by atoms with Crippen molar-refractivity contribution in [1.82, 2.24) is 9.97 Å². The Morgan fingerprint density at radius 3 is 2.48 bits per heavy atom. The number of benzene rings is 3. The molecule has 1 N–H and O–H groups in total. The molecule has 29 heavy (non-hydrogen) atoms. The summed E-state index contributed by atoms with van der Waals surface area (Å²) in [6, 6.07) is 18.8. The van der Waals surface area contributed by atoms with Crippen molar-refractivity contribution in [2.45, 2.75) is 0 Å². The third-order valence-electron chi connectivity index (χ3n) is 4.09. The van der Waals surface area contributed by atoms with E-state index in [0.29, 0.717) is 38.5 Å². The highest BCUT2D eigenvalue weighted by molar-refractivity contribution is 6.36. The molecule has 4 aromatic rings. The van der Waals surface area contributed by atoms with Crippen LogP contribution in [0.5, 0.6) is 0 Å². The first-order valence-electron chi connectivity index (χ1n) is 8.25. The number of nitrogens with zero attached hydrogens (tertiary/aromatic N) is 3. The first-order chi connectivity index (χ1) is 13.5. The highest BCUT2D eigenvalue weighted by atomic mass is 35.5. The van der Waals surface area contributed by atoms with Crippen LogP contribution in [0, 0.1) is 10.1 Å². The molecule has 0 spiro atoms. The third-order valence-corrected chi connectivity index (χ3v) is 4.64. The summed E-state index contributed by atoms with van der Waals surface area (Å²) in [6.45, 7) is 0. The molecule has 0 amide bonds. The van der Waals surface area contributed by atoms with Crippen LogP contribution in [-0.2, 0) is 0 Å². The first kappa shape index (κ1) is 20.8. The van der Waals surface area contributed by atoms with Gasteiger partial charge in [0.15, 0.2) is 5.82 Å². The largest absolute Gasteiger partial charge is 1.00 e. The molecule has 0 unspecified atom stereocenters. The van der Waals surface area contributed by atoms with Crippen LogP contribution in [0.4, 0.5) is 17.2 Å². The number of hydrogen-bond donors (Lipinski definition) is 1. The fourth-order valence-electron chi connectivity index (χ4n) is 2.80. The topological polar surface area (TPSA) is 81.0 Å². The second-order valence-corrected chi connectivity index (χ2v) is 6.81. The van der Waals surface area contributed by atoms with E-state index in [1.165, 1.54) is 12.1 Å². The number of nitro benzene ring substituents is 1. The highest BCUT2D eigenvalue weighted by Crippen LogP contribution is 2.32. The van der Waals surface area contributed by atoms with Crippen molar-refractivity contribution < 1.29 is 17.3 Å². The van der Waals surface area contributed by atoms with Crippen molar-refractivity contribution >= 4 is 51.3 Å². The van der Waals surface area contributed by atoms with E-state index in [4.69, 9.17) is 23.2 Å². The molecule has 0 radical (unpaired) electrons. The Hall–Kier alpha value is -2.93. The van der Waals surface area contributed by atoms with Gasteiger partial charge in [-0.2, -0.15) is 0 Å². The SMILES string of the molecule is O=[N+]([O-])c1cccc(Nc2nc(-c3ccc(Cl)cc3Cl)nc3ccccc23)c1.[Cl-]. The normalized spacial score (nSPS) is 10.4. The number of nitrogens with one attached hydrogen (secondary N) is 1. The molecule has 6 nitrogen and oxygen atoms in total. The van der Waals surface area contributed by atoms with Gasteiger partial charge < -0.3 is 17.7 Å². The van der Waals surface area contributed by atoms with Gasteiger partial charge >= 0.3 is 0 Å². The second kappa shape index (κ2) is 8.61. The number of non-ortho nitro benzene ring substituents is 1. The van der Waals surface area contributed by atoms with Crippen LogP contribution in [0.3, 0.4) is 0 Å². The maximum absolute atomic E-state index is 11.0. The van der Waals surface area contributed by atoms with Gasteiger partial charge in [-0.1, -0.05) is 41.4 Å². The van der Waals surface area contributed by atoms with Crippen LogP contribution in [0.25, 0.3) is 22.3 Å². The predicted octanol–water partition coefficient (Wildman–Crippen LogP) is 3.26. The number of anilines is 2. The molecule has 146 valence electrons. The van der Waals surface area contributed by atoms with E-state index >= 15 is 0 Å². The molecular formula is C20H12Cl3N4O2-. The molecule has 0 bridgehead atoms. The van der Waals surface area contributed by atoms with E-state index in [2.05, 4.69) is 15.3 Å². The first-order valence-corrected chi connectivity index (χ1v) is 9.00. The standard InChI is InChI=1S/C20H12Cl2N4O2.ClH/c21-12-8-9-15(17(22)10-12)19-24-18-7-2-1-6-16(18)20(25-19)23-13-4-3-5-14(11-13)26(27)28;/h1-11H,(H,23,24,25);1H/p-1. The average Bonchev–Trinajstić information content (AvgIpc) is 2.68. The van der Waals surface area contributed by atoms with Crippen LogP contribution in [0.15, 0.2) is 66.7 Å². The van der Waals surface area contributed by atoms with Crippen molar-refractivity contribution in [3.63, 3.8) is 0 Å². The lowest BCUT2D eigenvalue weighted by Crippen LogP contribution is -3.00. The average molecular weight is 447 g/mol. The number of rotatable bonds is 4. The summed E-state index contributed by atoms with van der Waals surface area (Å²) >= 11 is 12.3. The minimum atomic E-state index is -0.442. The molecule has 0 aliphatic rings. The van der Waals surface area contributed by atoms with Gasteiger partial charge in [0.1, 0.15) is 5.82 Å². The van der Waals surface area contributed by atoms with E-state index in [1.807, 2.05) is 24.3 Å². The maximum Gasteiger partial charge on any atom is 0.271 e. The molecule has 0 aliphatic carbocycles. The maximum atomic E-state index is 11.0. The van der Waals surface area contributed by atoms with Crippen LogP contribution in [0.2, 0.25) is 10.0 Å². The number of nitro groups is 1. The molecule has 1 aromatic heterocycles. The van der Waals surface area contributed by atoms with E-state index < -0.39 is 4.92 Å². The Kier molecular flexibility index (Phi) is 6.17. The summed E-state index contributed by atoms with van der Waals surface area (Å²) in [6.07, 6.45) is 0. The summed E-state index contributed by atoms with van der Waals surface area (Å²) in [5.41, 5.74) is 1.89. The van der Waals surface area contributed by atoms with Gasteiger partial charge in [-0.3, -0.25) is 10.1 Å². The fraction of sp³-hybridized carbons (Fsp3) is 0. The van der Waals surface area contributed by atoms with Gasteiger partial charge in [-0.25, -0.2) is 9.97 Å². The van der Waals surface area contributed by atoms with Crippen LogP contribution in [0.1, 0.15) is 0 Å². The lowest BCUT2D eigenvalue weighted by molar-refractivity contribution is -0.384. The Balaban J connectivity index is 0.00000240. The molecule has 0 atom stereocenters. The molecule has 0 fully saturated rings. The highest BCUT2D eigenvalue weighted by Gasteiger charge is 2.13. The molecular weight excluding hydrogens is 435 g/mol. The van der Waals surface area contributed by atoms with Crippen molar-refractivity contribution in [3.05, 3.63) is 86.9 Å². The van der Waals surface area contributed by atoms with Crippen LogP contribution >= 0.6 is 23.2 Å². The Morgan fingerprint density at radius 1 is 0.931 bits per heavy atom. The van der Waals surface area contributed by atoms with Gasteiger partial charge in [-0.15, -0.1) is 0 Å². The molecule has 3 aromatic carbocycles. The van der Waals surface area contributed by atoms with E-state index in [0.717, 1.165) is 5.39 Å². The fourth-order valence-corrected chi connectivity index (χ4v) is 3.29. The predicted molar refractivity (Wildman–Crippen MR) is 111 cm³/mol. The quantitative estimate of drug-likeness (QED) is 0.384. The number of fused-ring (bicyclic) bond motifs is 1. The number of aromatic nitrogens is 2. The monoisotopic (exact) mass is 445 g/mol. The van der Waals surface area contributed by atoms with Gasteiger partial charge in [0.2, 0.25) is 0 Å². The summed E-state index contributed by atoms with van der Waals surface area (Å²) < 4.78 is 0. The zero-order valence-electron chi connectivity index (χ0n) is 14.6. The van der Waals surface area contributed by atoms with Crippen molar-refractivity contribution in [2.24, 2.45) is 0 Å². The Morgan fingerprint density at radius 2 is 1.72 bits per heavy atom. The second-order valence-electron chi connectivity index (χ2n) is 5.97. The van der Waals surface area contributed by atoms with Crippen molar-refractivity contribution in [1.29, 1.82) is 0 Å². The summed E-state index contributed by atoms with van der Waals surface area (Å²) in [5, 5.41) is 15.9. The Bertz CT molecular complexity index is 1220. The van der Waals surface area contributed by atoms with E-state index in [9.17, 15) is 10.1 Å². The molecule has 4 rings (SSSR count). The van der Waals surface area contributed by atoms with Crippen molar-refractivity contribution in [3.8, 4) is 11.4 Å². The summed E-state index contributed by atoms with van der Waals surface area (Å²) in [7, 11) is 0. The minimum Gasteiger partial charge on any atom is -1.00 e. The lowest BCUT2D eigenvalue weighted by Gasteiger charge is -2.12. The van der Waals surface area contributed by atoms with Gasteiger partial charge in [0.05, 0.1) is 15.5 Å². The number of para-hydroxylation sites is 1.